The SMILES string of the molecule is COCCNC(=O)CCn1nnc2cc(C(=O)O)ccc21. The number of rotatable bonds is 7. The number of aromatic carboxylic acids is 1. The van der Waals surface area contributed by atoms with Gasteiger partial charge in [0.05, 0.1) is 24.2 Å². The lowest BCUT2D eigenvalue weighted by Crippen LogP contribution is -2.27. The van der Waals surface area contributed by atoms with E-state index in [0.29, 0.717) is 30.7 Å². The molecule has 1 heterocycles. The maximum Gasteiger partial charge on any atom is 0.335 e. The number of benzene rings is 1. The summed E-state index contributed by atoms with van der Waals surface area (Å²) >= 11 is 0. The van der Waals surface area contributed by atoms with Gasteiger partial charge in [-0.1, -0.05) is 5.21 Å². The molecular formula is C13H16N4O4. The lowest BCUT2D eigenvalue weighted by molar-refractivity contribution is -0.121. The first-order valence-electron chi connectivity index (χ1n) is 6.44. The van der Waals surface area contributed by atoms with Crippen LogP contribution in [-0.2, 0) is 16.1 Å². The molecule has 2 N–H and O–H groups in total. The number of nitrogens with one attached hydrogen (secondary N) is 1. The summed E-state index contributed by atoms with van der Waals surface area (Å²) in [5.41, 5.74) is 1.35. The van der Waals surface area contributed by atoms with E-state index in [9.17, 15) is 9.59 Å². The third-order valence-electron chi connectivity index (χ3n) is 2.94. The molecule has 0 spiro atoms. The Labute approximate surface area is 120 Å². The molecule has 0 unspecified atom stereocenters. The van der Waals surface area contributed by atoms with E-state index in [2.05, 4.69) is 15.6 Å². The number of carbonyl (C=O) groups is 2. The molecule has 0 saturated heterocycles. The third-order valence-corrected chi connectivity index (χ3v) is 2.94. The number of carboxylic acid groups (broad SMARTS) is 1. The molecule has 0 radical (unpaired) electrons. The van der Waals surface area contributed by atoms with E-state index in [4.69, 9.17) is 9.84 Å². The van der Waals surface area contributed by atoms with Crippen molar-refractivity contribution in [3.05, 3.63) is 23.8 Å². The largest absolute Gasteiger partial charge is 0.478 e. The van der Waals surface area contributed by atoms with Gasteiger partial charge in [0.2, 0.25) is 5.91 Å². The Hall–Kier alpha value is -2.48. The van der Waals surface area contributed by atoms with Gasteiger partial charge >= 0.3 is 5.97 Å². The fourth-order valence-electron chi connectivity index (χ4n) is 1.86. The van der Waals surface area contributed by atoms with Crippen molar-refractivity contribution in [1.29, 1.82) is 0 Å². The molecule has 0 bridgehead atoms. The van der Waals surface area contributed by atoms with Crippen LogP contribution < -0.4 is 5.32 Å². The number of hydrogen-bond donors (Lipinski definition) is 2. The van der Waals surface area contributed by atoms with Gasteiger partial charge in [-0.2, -0.15) is 0 Å². The highest BCUT2D eigenvalue weighted by Gasteiger charge is 2.10. The summed E-state index contributed by atoms with van der Waals surface area (Å²) in [6, 6.07) is 4.59. The van der Waals surface area contributed by atoms with Crippen molar-refractivity contribution in [2.24, 2.45) is 0 Å². The molecule has 0 saturated carbocycles. The van der Waals surface area contributed by atoms with Gasteiger partial charge in [-0.3, -0.25) is 4.79 Å². The smallest absolute Gasteiger partial charge is 0.335 e. The van der Waals surface area contributed by atoms with Crippen LogP contribution in [0.2, 0.25) is 0 Å². The average Bonchev–Trinajstić information content (AvgIpc) is 2.87. The van der Waals surface area contributed by atoms with E-state index in [1.807, 2.05) is 0 Å². The van der Waals surface area contributed by atoms with Crippen LogP contribution in [0.25, 0.3) is 11.0 Å². The molecule has 8 nitrogen and oxygen atoms in total. The number of ether oxygens (including phenoxy) is 1. The van der Waals surface area contributed by atoms with Crippen molar-refractivity contribution in [2.75, 3.05) is 20.3 Å². The molecule has 1 amide bonds. The van der Waals surface area contributed by atoms with Gasteiger partial charge in [0.1, 0.15) is 5.52 Å². The summed E-state index contributed by atoms with van der Waals surface area (Å²) in [5, 5.41) is 19.5. The van der Waals surface area contributed by atoms with Crippen molar-refractivity contribution in [3.63, 3.8) is 0 Å². The normalized spacial score (nSPS) is 10.7. The first-order valence-corrected chi connectivity index (χ1v) is 6.44. The van der Waals surface area contributed by atoms with Crippen LogP contribution in [0.15, 0.2) is 18.2 Å². The topological polar surface area (TPSA) is 106 Å². The van der Waals surface area contributed by atoms with E-state index in [-0.39, 0.29) is 17.9 Å². The molecule has 1 aromatic heterocycles. The number of aromatic nitrogens is 3. The zero-order valence-corrected chi connectivity index (χ0v) is 11.6. The summed E-state index contributed by atoms with van der Waals surface area (Å²) < 4.78 is 6.42. The summed E-state index contributed by atoms with van der Waals surface area (Å²) in [6.45, 7) is 1.31. The maximum absolute atomic E-state index is 11.6. The van der Waals surface area contributed by atoms with E-state index < -0.39 is 5.97 Å². The van der Waals surface area contributed by atoms with E-state index >= 15 is 0 Å². The number of hydrogen-bond acceptors (Lipinski definition) is 5. The van der Waals surface area contributed by atoms with E-state index in [1.165, 1.54) is 12.1 Å². The second kappa shape index (κ2) is 6.80. The minimum absolute atomic E-state index is 0.0992. The number of carboxylic acids is 1. The zero-order chi connectivity index (χ0) is 15.2. The molecule has 2 rings (SSSR count). The summed E-state index contributed by atoms with van der Waals surface area (Å²) in [5.74, 6) is -1.11. The highest BCUT2D eigenvalue weighted by molar-refractivity contribution is 5.92. The van der Waals surface area contributed by atoms with Crippen molar-refractivity contribution in [2.45, 2.75) is 13.0 Å². The number of nitrogens with zero attached hydrogens (tertiary/aromatic N) is 3. The molecule has 0 aliphatic carbocycles. The monoisotopic (exact) mass is 292 g/mol. The molecular weight excluding hydrogens is 276 g/mol. The molecule has 0 atom stereocenters. The van der Waals surface area contributed by atoms with Gasteiger partial charge in [0.25, 0.3) is 0 Å². The molecule has 0 aliphatic rings. The fourth-order valence-corrected chi connectivity index (χ4v) is 1.86. The summed E-state index contributed by atoms with van der Waals surface area (Å²) in [6.07, 6.45) is 0.267. The minimum Gasteiger partial charge on any atom is -0.478 e. The van der Waals surface area contributed by atoms with Crippen LogP contribution in [0.3, 0.4) is 0 Å². The van der Waals surface area contributed by atoms with Crippen molar-refractivity contribution < 1.29 is 19.4 Å². The van der Waals surface area contributed by atoms with Crippen LogP contribution in [-0.4, -0.2) is 52.2 Å². The van der Waals surface area contributed by atoms with Gasteiger partial charge in [0, 0.05) is 20.1 Å². The lowest BCUT2D eigenvalue weighted by atomic mass is 10.2. The Balaban J connectivity index is 1.99. The molecule has 1 aromatic carbocycles. The second-order valence-electron chi connectivity index (χ2n) is 4.41. The van der Waals surface area contributed by atoms with Crippen LogP contribution in [0.5, 0.6) is 0 Å². The molecule has 2 aromatic rings. The second-order valence-corrected chi connectivity index (χ2v) is 4.41. The maximum atomic E-state index is 11.6. The molecule has 0 fully saturated rings. The zero-order valence-electron chi connectivity index (χ0n) is 11.6. The van der Waals surface area contributed by atoms with Gasteiger partial charge in [-0.15, -0.1) is 5.10 Å². The molecule has 21 heavy (non-hydrogen) atoms. The van der Waals surface area contributed by atoms with Gasteiger partial charge in [-0.05, 0) is 18.2 Å². The van der Waals surface area contributed by atoms with Crippen molar-refractivity contribution >= 4 is 22.9 Å². The minimum atomic E-state index is -1.01. The quantitative estimate of drug-likeness (QED) is 0.710. The highest BCUT2D eigenvalue weighted by Crippen LogP contribution is 2.13. The average molecular weight is 292 g/mol. The first kappa shape index (κ1) is 14.9. The molecule has 0 aliphatic heterocycles. The van der Waals surface area contributed by atoms with E-state index in [1.54, 1.807) is 17.9 Å². The van der Waals surface area contributed by atoms with E-state index in [0.717, 1.165) is 0 Å². The Morgan fingerprint density at radius 3 is 2.95 bits per heavy atom. The van der Waals surface area contributed by atoms with Crippen LogP contribution in [0.4, 0.5) is 0 Å². The van der Waals surface area contributed by atoms with Crippen LogP contribution >= 0.6 is 0 Å². The van der Waals surface area contributed by atoms with Crippen LogP contribution in [0, 0.1) is 0 Å². The highest BCUT2D eigenvalue weighted by atomic mass is 16.5. The Bertz CT molecular complexity index is 653. The number of aryl methyl sites for hydroxylation is 1. The van der Waals surface area contributed by atoms with Crippen molar-refractivity contribution in [1.82, 2.24) is 20.3 Å². The number of carbonyl (C=O) groups excluding carboxylic acids is 1. The molecule has 112 valence electrons. The predicted molar refractivity (Wildman–Crippen MR) is 74.0 cm³/mol. The number of fused-ring (bicyclic) bond motifs is 1. The Morgan fingerprint density at radius 1 is 1.43 bits per heavy atom. The van der Waals surface area contributed by atoms with Gasteiger partial charge < -0.3 is 15.2 Å². The summed E-state index contributed by atoms with van der Waals surface area (Å²) in [4.78, 5) is 22.5. The number of methoxy groups -OCH3 is 1. The first-order chi connectivity index (χ1) is 10.1. The van der Waals surface area contributed by atoms with Gasteiger partial charge in [0.15, 0.2) is 0 Å². The number of amides is 1. The molecule has 8 heteroatoms. The van der Waals surface area contributed by atoms with Crippen molar-refractivity contribution in [3.8, 4) is 0 Å². The Morgan fingerprint density at radius 2 is 2.24 bits per heavy atom. The summed E-state index contributed by atoms with van der Waals surface area (Å²) in [7, 11) is 1.57. The van der Waals surface area contributed by atoms with Gasteiger partial charge in [-0.25, -0.2) is 9.48 Å². The Kier molecular flexibility index (Phi) is 4.83. The standard InChI is InChI=1S/C13H16N4O4/c1-21-7-5-14-12(18)4-6-17-11-3-2-9(13(19)20)8-10(11)15-16-17/h2-3,8H,4-7H2,1H3,(H,14,18)(H,19,20). The third kappa shape index (κ3) is 3.76. The van der Waals surface area contributed by atoms with Crippen LogP contribution in [0.1, 0.15) is 16.8 Å². The fraction of sp³-hybridized carbons (Fsp3) is 0.385. The predicted octanol–water partition coefficient (Wildman–Crippen LogP) is 0.282. The lowest BCUT2D eigenvalue weighted by Gasteiger charge is -2.05.